The van der Waals surface area contributed by atoms with Gasteiger partial charge < -0.3 is 5.73 Å². The number of halogens is 2. The summed E-state index contributed by atoms with van der Waals surface area (Å²) in [6.45, 7) is 0.872. The number of hydrogen-bond acceptors (Lipinski definition) is 1. The molecule has 0 amide bonds. The maximum absolute atomic E-state index is 5.91. The fourth-order valence-corrected chi connectivity index (χ4v) is 7.45. The number of unbranched alkanes of at least 4 members (excludes halogenated alkanes) is 32. The van der Waals surface area contributed by atoms with Crippen molar-refractivity contribution in [3.05, 3.63) is 0 Å². The first kappa shape index (κ1) is 39.8. The Morgan fingerprint density at radius 3 is 0.564 bits per heavy atom. The minimum Gasteiger partial charge on any atom is -0.330 e. The zero-order valence-corrected chi connectivity index (χ0v) is 29.3. The summed E-state index contributed by atoms with van der Waals surface area (Å²) < 4.78 is 0. The summed E-state index contributed by atoms with van der Waals surface area (Å²) in [6, 6.07) is 1.10. The maximum Gasteiger partial charge on any atom is 0.237 e. The van der Waals surface area contributed by atoms with E-state index in [9.17, 15) is 0 Å². The van der Waals surface area contributed by atoms with Crippen molar-refractivity contribution in [3.63, 3.8) is 0 Å². The highest BCUT2D eigenvalue weighted by Crippen LogP contribution is 2.17. The zero-order valence-electron chi connectivity index (χ0n) is 26.7. The van der Waals surface area contributed by atoms with E-state index in [1.54, 1.807) is 0 Å². The molecule has 236 valence electrons. The fraction of sp³-hybridized carbons (Fsp3) is 1.00. The van der Waals surface area contributed by atoms with Crippen LogP contribution in [0.4, 0.5) is 0 Å². The van der Waals surface area contributed by atoms with Gasteiger partial charge in [-0.25, -0.2) is 0 Å². The Labute approximate surface area is 258 Å². The van der Waals surface area contributed by atoms with Crippen LogP contribution in [0.25, 0.3) is 0 Å². The van der Waals surface area contributed by atoms with Crippen LogP contribution in [-0.2, 0) is 0 Å². The molecule has 0 aliphatic heterocycles. The Balaban J connectivity index is 3.02. The van der Waals surface area contributed by atoms with E-state index in [2.05, 4.69) is 0 Å². The minimum absolute atomic E-state index is 0.872. The molecule has 0 bridgehead atoms. The van der Waals surface area contributed by atoms with Crippen molar-refractivity contribution >= 4 is 29.6 Å². The van der Waals surface area contributed by atoms with Crippen LogP contribution in [0.5, 0.6) is 0 Å². The van der Waals surface area contributed by atoms with E-state index in [0.717, 1.165) is 12.6 Å². The molecular weight excluding hydrogens is 533 g/mol. The van der Waals surface area contributed by atoms with Gasteiger partial charge in [-0.2, -0.15) is 22.2 Å². The average Bonchev–Trinajstić information content (AvgIpc) is 2.93. The maximum atomic E-state index is 5.91. The Morgan fingerprint density at radius 1 is 0.256 bits per heavy atom. The zero-order chi connectivity index (χ0) is 28.3. The van der Waals surface area contributed by atoms with E-state index in [4.69, 9.17) is 27.9 Å². The van der Waals surface area contributed by atoms with Crippen LogP contribution in [-0.4, -0.2) is 14.0 Å². The second-order valence-electron chi connectivity index (χ2n) is 12.6. The lowest BCUT2D eigenvalue weighted by molar-refractivity contribution is 0.511. The minimum atomic E-state index is -1.34. The van der Waals surface area contributed by atoms with Gasteiger partial charge in [-0.15, -0.1) is 0 Å². The van der Waals surface area contributed by atoms with Crippen LogP contribution in [0.3, 0.4) is 0 Å². The third kappa shape index (κ3) is 38.8. The number of rotatable bonds is 35. The van der Waals surface area contributed by atoms with Crippen LogP contribution in [0.2, 0.25) is 6.04 Å². The van der Waals surface area contributed by atoms with Gasteiger partial charge in [0.15, 0.2) is 0 Å². The normalized spacial score (nSPS) is 11.7. The van der Waals surface area contributed by atoms with Gasteiger partial charge in [-0.05, 0) is 19.0 Å². The summed E-state index contributed by atoms with van der Waals surface area (Å²) in [5.74, 6) is 0. The van der Waals surface area contributed by atoms with E-state index < -0.39 is 7.42 Å². The first-order valence-corrected chi connectivity index (χ1v) is 22.6. The molecule has 0 aromatic rings. The largest absolute Gasteiger partial charge is 0.330 e. The topological polar surface area (TPSA) is 26.0 Å². The molecule has 0 aromatic carbocycles. The second kappa shape index (κ2) is 36.8. The van der Waals surface area contributed by atoms with E-state index in [1.807, 2.05) is 0 Å². The molecule has 0 aromatic heterocycles. The van der Waals surface area contributed by atoms with E-state index in [-0.39, 0.29) is 0 Å². The van der Waals surface area contributed by atoms with Gasteiger partial charge >= 0.3 is 0 Å². The molecule has 0 heterocycles. The Bertz CT molecular complexity index is 421. The standard InChI is InChI=1S/C35H73Cl2NSi/c36-39(37)35-33-31-29-27-25-23-21-19-17-15-13-11-9-7-5-3-1-2-4-6-8-10-12-14-16-18-20-22-24-26-28-30-32-34-38/h39H,1-35,38H2. The molecule has 0 unspecified atom stereocenters. The van der Waals surface area contributed by atoms with Gasteiger partial charge in [0.25, 0.3) is 0 Å². The molecule has 0 radical (unpaired) electrons. The molecule has 0 saturated carbocycles. The molecule has 0 atom stereocenters. The van der Waals surface area contributed by atoms with Crippen molar-refractivity contribution in [2.45, 2.75) is 218 Å². The Hall–Kier alpha value is 0.757. The lowest BCUT2D eigenvalue weighted by Gasteiger charge is -2.05. The van der Waals surface area contributed by atoms with Crippen molar-refractivity contribution in [1.29, 1.82) is 0 Å². The van der Waals surface area contributed by atoms with Crippen molar-refractivity contribution in [3.8, 4) is 0 Å². The summed E-state index contributed by atoms with van der Waals surface area (Å²) >= 11 is 11.8. The Kier molecular flexibility index (Phi) is 37.5. The molecule has 0 fully saturated rings. The van der Waals surface area contributed by atoms with Gasteiger partial charge in [-0.1, -0.05) is 205 Å². The summed E-state index contributed by atoms with van der Waals surface area (Å²) in [4.78, 5) is 0. The molecule has 1 nitrogen and oxygen atoms in total. The van der Waals surface area contributed by atoms with Gasteiger partial charge in [0.05, 0.1) is 0 Å². The first-order chi connectivity index (χ1) is 19.3. The summed E-state index contributed by atoms with van der Waals surface area (Å²) in [7, 11) is -1.34. The van der Waals surface area contributed by atoms with E-state index in [0.29, 0.717) is 0 Å². The molecule has 0 spiro atoms. The van der Waals surface area contributed by atoms with Crippen molar-refractivity contribution in [1.82, 2.24) is 0 Å². The van der Waals surface area contributed by atoms with Gasteiger partial charge in [0.2, 0.25) is 7.42 Å². The average molecular weight is 607 g/mol. The van der Waals surface area contributed by atoms with Crippen molar-refractivity contribution < 1.29 is 0 Å². The third-order valence-corrected chi connectivity index (χ3v) is 10.8. The monoisotopic (exact) mass is 605 g/mol. The third-order valence-electron chi connectivity index (χ3n) is 8.63. The summed E-state index contributed by atoms with van der Waals surface area (Å²) in [6.07, 6.45) is 47.5. The summed E-state index contributed by atoms with van der Waals surface area (Å²) in [5.41, 5.74) is 5.55. The SMILES string of the molecule is NCCCCCCCCCCCCCCCCCCCCCCCCCCCCCCCCCCC[SiH](Cl)Cl. The molecule has 2 N–H and O–H groups in total. The molecular formula is C35H73Cl2NSi. The Morgan fingerprint density at radius 2 is 0.410 bits per heavy atom. The van der Waals surface area contributed by atoms with Crippen LogP contribution < -0.4 is 5.73 Å². The lowest BCUT2D eigenvalue weighted by Crippen LogP contribution is -1.97. The first-order valence-electron chi connectivity index (χ1n) is 18.3. The number of nitrogens with two attached hydrogens (primary N) is 1. The van der Waals surface area contributed by atoms with Gasteiger partial charge in [0, 0.05) is 0 Å². The fourth-order valence-electron chi connectivity index (χ4n) is 5.92. The van der Waals surface area contributed by atoms with Gasteiger partial charge in [-0.3, -0.25) is 0 Å². The van der Waals surface area contributed by atoms with Gasteiger partial charge in [0.1, 0.15) is 0 Å². The molecule has 39 heavy (non-hydrogen) atoms. The predicted octanol–water partition coefficient (Wildman–Crippen LogP) is 13.5. The van der Waals surface area contributed by atoms with Crippen molar-refractivity contribution in [2.24, 2.45) is 5.73 Å². The highest BCUT2D eigenvalue weighted by atomic mass is 35.7. The lowest BCUT2D eigenvalue weighted by atomic mass is 10.0. The molecule has 0 aliphatic carbocycles. The molecule has 0 rings (SSSR count). The van der Waals surface area contributed by atoms with Crippen LogP contribution >= 0.6 is 22.2 Å². The van der Waals surface area contributed by atoms with E-state index >= 15 is 0 Å². The highest BCUT2D eigenvalue weighted by Gasteiger charge is 2.01. The smallest absolute Gasteiger partial charge is 0.237 e. The van der Waals surface area contributed by atoms with Crippen LogP contribution in [0.1, 0.15) is 212 Å². The van der Waals surface area contributed by atoms with Crippen LogP contribution in [0.15, 0.2) is 0 Å². The predicted molar refractivity (Wildman–Crippen MR) is 185 cm³/mol. The molecule has 0 saturated heterocycles. The summed E-state index contributed by atoms with van der Waals surface area (Å²) in [5, 5.41) is 0. The quantitative estimate of drug-likeness (QED) is 0.0433. The second-order valence-corrected chi connectivity index (χ2v) is 17.8. The number of hydrogen-bond donors (Lipinski definition) is 1. The van der Waals surface area contributed by atoms with E-state index in [1.165, 1.54) is 212 Å². The van der Waals surface area contributed by atoms with Crippen molar-refractivity contribution in [2.75, 3.05) is 6.54 Å². The highest BCUT2D eigenvalue weighted by molar-refractivity contribution is 7.33. The molecule has 4 heteroatoms. The van der Waals surface area contributed by atoms with Crippen LogP contribution in [0, 0.1) is 0 Å². The molecule has 0 aliphatic rings.